The summed E-state index contributed by atoms with van der Waals surface area (Å²) in [6, 6.07) is 0. The zero-order valence-electron chi connectivity index (χ0n) is 7.16. The van der Waals surface area contributed by atoms with E-state index < -0.39 is 0 Å². The van der Waals surface area contributed by atoms with E-state index in [9.17, 15) is 4.79 Å². The van der Waals surface area contributed by atoms with Crippen molar-refractivity contribution < 1.29 is 9.36 Å². The third-order valence-electron chi connectivity index (χ3n) is 2.04. The van der Waals surface area contributed by atoms with E-state index in [0.717, 1.165) is 12.1 Å². The summed E-state index contributed by atoms with van der Waals surface area (Å²) in [5.41, 5.74) is 1.17. The van der Waals surface area contributed by atoms with Crippen molar-refractivity contribution in [3.63, 3.8) is 0 Å². The van der Waals surface area contributed by atoms with Crippen LogP contribution in [0.2, 0.25) is 0 Å². The minimum Gasteiger partial charge on any atom is -0.299 e. The van der Waals surface area contributed by atoms with Gasteiger partial charge < -0.3 is 0 Å². The number of hydrogen-bond acceptors (Lipinski definition) is 1. The number of aromatic nitrogens is 2. The summed E-state index contributed by atoms with van der Waals surface area (Å²) in [6.07, 6.45) is 2.89. The van der Waals surface area contributed by atoms with Gasteiger partial charge in [0.1, 0.15) is 18.4 Å². The highest BCUT2D eigenvalue weighted by atomic mass is 16.1. The summed E-state index contributed by atoms with van der Waals surface area (Å²) in [5.74, 6) is 1.11. The van der Waals surface area contributed by atoms with E-state index in [2.05, 4.69) is 4.57 Å². The van der Waals surface area contributed by atoms with Crippen molar-refractivity contribution in [1.29, 1.82) is 0 Å². The van der Waals surface area contributed by atoms with Crippen LogP contribution in [-0.2, 0) is 18.4 Å². The van der Waals surface area contributed by atoms with E-state index in [1.165, 1.54) is 5.69 Å². The second-order valence-electron chi connectivity index (χ2n) is 2.70. The molecule has 3 nitrogen and oxygen atoms in total. The fraction of sp³-hybridized carbons (Fsp3) is 0.500. The molecule has 0 saturated heterocycles. The largest absolute Gasteiger partial charge is 0.299 e. The van der Waals surface area contributed by atoms with Gasteiger partial charge in [0.05, 0.1) is 7.05 Å². The highest BCUT2D eigenvalue weighted by molar-refractivity contribution is 5.46. The zero-order chi connectivity index (χ0) is 8.43. The van der Waals surface area contributed by atoms with E-state index in [4.69, 9.17) is 0 Å². The van der Waals surface area contributed by atoms with Crippen LogP contribution in [0, 0.1) is 13.8 Å². The van der Waals surface area contributed by atoms with Crippen molar-refractivity contribution in [3.05, 3.63) is 17.7 Å². The van der Waals surface area contributed by atoms with Crippen LogP contribution in [0.3, 0.4) is 0 Å². The second-order valence-corrected chi connectivity index (χ2v) is 2.70. The van der Waals surface area contributed by atoms with Gasteiger partial charge in [0.15, 0.2) is 6.29 Å². The van der Waals surface area contributed by atoms with E-state index in [-0.39, 0.29) is 0 Å². The van der Waals surface area contributed by atoms with Crippen LogP contribution in [0.15, 0.2) is 6.20 Å². The molecule has 1 heterocycles. The van der Waals surface area contributed by atoms with Gasteiger partial charge in [0.2, 0.25) is 0 Å². The molecule has 1 rings (SSSR count). The summed E-state index contributed by atoms with van der Waals surface area (Å²) < 4.78 is 3.99. The van der Waals surface area contributed by atoms with Crippen LogP contribution in [0.4, 0.5) is 0 Å². The Kier molecular flexibility index (Phi) is 2.08. The molecule has 1 aromatic rings. The van der Waals surface area contributed by atoms with Crippen LogP contribution < -0.4 is 4.57 Å². The molecule has 0 aliphatic heterocycles. The summed E-state index contributed by atoms with van der Waals surface area (Å²) in [6.45, 7) is 4.47. The molecule has 11 heavy (non-hydrogen) atoms. The van der Waals surface area contributed by atoms with Crippen LogP contribution in [0.1, 0.15) is 11.5 Å². The Morgan fingerprint density at radius 1 is 1.64 bits per heavy atom. The number of carbonyl (C=O) groups excluding carboxylic acids is 1. The molecule has 0 aromatic carbocycles. The third-order valence-corrected chi connectivity index (χ3v) is 2.04. The van der Waals surface area contributed by atoms with Gasteiger partial charge in [-0.25, -0.2) is 9.13 Å². The monoisotopic (exact) mass is 153 g/mol. The lowest BCUT2D eigenvalue weighted by Gasteiger charge is -1.90. The molecule has 3 heteroatoms. The number of hydrogen-bond donors (Lipinski definition) is 0. The number of imidazole rings is 1. The number of aldehydes is 1. The SMILES string of the molecule is Cc1c[n+](CC=O)c(C)n1C. The van der Waals surface area contributed by atoms with E-state index in [0.29, 0.717) is 6.54 Å². The number of nitrogens with zero attached hydrogens (tertiary/aromatic N) is 2. The van der Waals surface area contributed by atoms with Gasteiger partial charge in [0, 0.05) is 13.8 Å². The molecule has 0 saturated carbocycles. The zero-order valence-corrected chi connectivity index (χ0v) is 7.16. The quantitative estimate of drug-likeness (QED) is 0.438. The number of aryl methyl sites for hydroxylation is 1. The van der Waals surface area contributed by atoms with Crippen LogP contribution >= 0.6 is 0 Å². The van der Waals surface area contributed by atoms with E-state index in [1.807, 2.05) is 31.7 Å². The maximum Gasteiger partial charge on any atom is 0.253 e. The van der Waals surface area contributed by atoms with Gasteiger partial charge in [-0.05, 0) is 0 Å². The van der Waals surface area contributed by atoms with Crippen LogP contribution in [0.25, 0.3) is 0 Å². The van der Waals surface area contributed by atoms with Crippen molar-refractivity contribution >= 4 is 6.29 Å². The minimum absolute atomic E-state index is 0.452. The normalized spacial score (nSPS) is 10.1. The Bertz CT molecular complexity index is 276. The van der Waals surface area contributed by atoms with Crippen LogP contribution in [-0.4, -0.2) is 10.9 Å². The molecule has 0 unspecified atom stereocenters. The molecule has 0 fully saturated rings. The molecule has 0 atom stereocenters. The number of carbonyl (C=O) groups is 1. The molecule has 0 spiro atoms. The number of rotatable bonds is 2. The Morgan fingerprint density at radius 2 is 2.27 bits per heavy atom. The van der Waals surface area contributed by atoms with Gasteiger partial charge in [-0.2, -0.15) is 0 Å². The average molecular weight is 153 g/mol. The summed E-state index contributed by atoms with van der Waals surface area (Å²) in [4.78, 5) is 10.2. The highest BCUT2D eigenvalue weighted by Crippen LogP contribution is 1.96. The summed E-state index contributed by atoms with van der Waals surface area (Å²) >= 11 is 0. The second kappa shape index (κ2) is 2.86. The average Bonchev–Trinajstić information content (AvgIpc) is 2.19. The van der Waals surface area contributed by atoms with Crippen molar-refractivity contribution in [3.8, 4) is 0 Å². The van der Waals surface area contributed by atoms with Gasteiger partial charge >= 0.3 is 0 Å². The molecule has 0 N–H and O–H groups in total. The van der Waals surface area contributed by atoms with Gasteiger partial charge in [-0.1, -0.05) is 0 Å². The van der Waals surface area contributed by atoms with E-state index >= 15 is 0 Å². The standard InChI is InChI=1S/C8H13N2O/c1-7-6-10(4-5-11)8(2)9(7)3/h5-6H,4H2,1-3H3/q+1. The van der Waals surface area contributed by atoms with Crippen molar-refractivity contribution in [2.75, 3.05) is 0 Å². The molecule has 1 aromatic heterocycles. The fourth-order valence-electron chi connectivity index (χ4n) is 1.12. The minimum atomic E-state index is 0.452. The molecular formula is C8H13N2O+. The van der Waals surface area contributed by atoms with Gasteiger partial charge in [-0.15, -0.1) is 0 Å². The van der Waals surface area contributed by atoms with Crippen molar-refractivity contribution in [2.45, 2.75) is 20.4 Å². The van der Waals surface area contributed by atoms with Crippen molar-refractivity contribution in [1.82, 2.24) is 4.57 Å². The Balaban J connectivity index is 3.07. The molecule has 0 bridgehead atoms. The molecule has 60 valence electrons. The Hall–Kier alpha value is -1.12. The Labute approximate surface area is 66.3 Å². The van der Waals surface area contributed by atoms with E-state index in [1.54, 1.807) is 0 Å². The van der Waals surface area contributed by atoms with Gasteiger partial charge in [-0.3, -0.25) is 4.79 Å². The smallest absolute Gasteiger partial charge is 0.253 e. The lowest BCUT2D eigenvalue weighted by molar-refractivity contribution is -0.688. The first-order valence-electron chi connectivity index (χ1n) is 3.63. The fourth-order valence-corrected chi connectivity index (χ4v) is 1.12. The Morgan fingerprint density at radius 3 is 2.64 bits per heavy atom. The predicted octanol–water partition coefficient (Wildman–Crippen LogP) is 0.128. The maximum absolute atomic E-state index is 10.2. The van der Waals surface area contributed by atoms with Crippen LogP contribution in [0.5, 0.6) is 0 Å². The first-order chi connectivity index (χ1) is 5.16. The molecule has 0 aliphatic carbocycles. The third kappa shape index (κ3) is 1.31. The molecular weight excluding hydrogens is 140 g/mol. The maximum atomic E-state index is 10.2. The molecule has 0 amide bonds. The first-order valence-corrected chi connectivity index (χ1v) is 3.63. The predicted molar refractivity (Wildman–Crippen MR) is 41.1 cm³/mol. The summed E-state index contributed by atoms with van der Waals surface area (Å²) in [7, 11) is 1.99. The lowest BCUT2D eigenvalue weighted by Crippen LogP contribution is -2.35. The lowest BCUT2D eigenvalue weighted by atomic mass is 10.5. The molecule has 0 radical (unpaired) electrons. The summed E-state index contributed by atoms with van der Waals surface area (Å²) in [5, 5.41) is 0. The molecule has 0 aliphatic rings. The van der Waals surface area contributed by atoms with Crippen molar-refractivity contribution in [2.24, 2.45) is 7.05 Å². The highest BCUT2D eigenvalue weighted by Gasteiger charge is 2.11. The van der Waals surface area contributed by atoms with Gasteiger partial charge in [0.25, 0.3) is 5.82 Å². The first kappa shape index (κ1) is 7.98. The topological polar surface area (TPSA) is 25.9 Å².